The Morgan fingerprint density at radius 3 is 2.70 bits per heavy atom. The minimum Gasteiger partial charge on any atom is -0.369 e. The SMILES string of the molecule is NC(N)=N/N=C1/CCCc2nc(-c3ccccc3)sc21. The highest BCUT2D eigenvalue weighted by Gasteiger charge is 2.21. The molecule has 3 rings (SSSR count). The molecule has 1 aromatic heterocycles. The van der Waals surface area contributed by atoms with E-state index in [1.165, 1.54) is 0 Å². The molecule has 0 fully saturated rings. The molecule has 1 aromatic carbocycles. The van der Waals surface area contributed by atoms with E-state index in [-0.39, 0.29) is 5.96 Å². The average Bonchev–Trinajstić information content (AvgIpc) is 2.90. The van der Waals surface area contributed by atoms with Crippen LogP contribution < -0.4 is 11.5 Å². The smallest absolute Gasteiger partial charge is 0.211 e. The van der Waals surface area contributed by atoms with Gasteiger partial charge in [0.25, 0.3) is 0 Å². The maximum atomic E-state index is 5.33. The lowest BCUT2D eigenvalue weighted by atomic mass is 10.0. The molecule has 0 unspecified atom stereocenters. The summed E-state index contributed by atoms with van der Waals surface area (Å²) in [7, 11) is 0. The number of hydrogen-bond donors (Lipinski definition) is 2. The molecule has 0 radical (unpaired) electrons. The Morgan fingerprint density at radius 2 is 1.95 bits per heavy atom. The number of fused-ring (bicyclic) bond motifs is 1. The molecule has 0 saturated heterocycles. The molecule has 20 heavy (non-hydrogen) atoms. The summed E-state index contributed by atoms with van der Waals surface area (Å²) in [6.07, 6.45) is 2.91. The molecule has 1 heterocycles. The molecule has 5 nitrogen and oxygen atoms in total. The average molecular weight is 285 g/mol. The van der Waals surface area contributed by atoms with Crippen LogP contribution in [0, 0.1) is 0 Å². The molecule has 0 atom stereocenters. The van der Waals surface area contributed by atoms with Gasteiger partial charge < -0.3 is 11.5 Å². The van der Waals surface area contributed by atoms with Gasteiger partial charge >= 0.3 is 0 Å². The fourth-order valence-electron chi connectivity index (χ4n) is 2.20. The number of aryl methyl sites for hydroxylation is 1. The number of benzene rings is 1. The van der Waals surface area contributed by atoms with Gasteiger partial charge in [-0.25, -0.2) is 4.98 Å². The van der Waals surface area contributed by atoms with Gasteiger partial charge in [0, 0.05) is 5.56 Å². The number of hydrogen-bond acceptors (Lipinski definition) is 4. The summed E-state index contributed by atoms with van der Waals surface area (Å²) in [6, 6.07) is 10.2. The molecule has 1 aliphatic carbocycles. The first kappa shape index (κ1) is 12.8. The van der Waals surface area contributed by atoms with E-state index in [4.69, 9.17) is 16.5 Å². The van der Waals surface area contributed by atoms with Crippen molar-refractivity contribution in [1.29, 1.82) is 0 Å². The van der Waals surface area contributed by atoms with Gasteiger partial charge in [-0.2, -0.15) is 5.10 Å². The van der Waals surface area contributed by atoms with Crippen molar-refractivity contribution >= 4 is 23.0 Å². The van der Waals surface area contributed by atoms with Crippen molar-refractivity contribution in [2.24, 2.45) is 21.7 Å². The maximum Gasteiger partial charge on any atom is 0.211 e. The van der Waals surface area contributed by atoms with Gasteiger partial charge in [0.2, 0.25) is 5.96 Å². The summed E-state index contributed by atoms with van der Waals surface area (Å²) in [5, 5.41) is 8.95. The predicted octanol–water partition coefficient (Wildman–Crippen LogP) is 2.12. The lowest BCUT2D eigenvalue weighted by molar-refractivity contribution is 0.818. The lowest BCUT2D eigenvalue weighted by Crippen LogP contribution is -2.22. The van der Waals surface area contributed by atoms with Gasteiger partial charge in [0.15, 0.2) is 0 Å². The molecule has 1 aliphatic rings. The van der Waals surface area contributed by atoms with E-state index in [2.05, 4.69) is 22.3 Å². The first-order valence-electron chi connectivity index (χ1n) is 6.45. The van der Waals surface area contributed by atoms with E-state index in [1.54, 1.807) is 11.3 Å². The fourth-order valence-corrected chi connectivity index (χ4v) is 3.33. The van der Waals surface area contributed by atoms with Crippen LogP contribution >= 0.6 is 11.3 Å². The van der Waals surface area contributed by atoms with Gasteiger partial charge in [0.1, 0.15) is 5.01 Å². The zero-order valence-electron chi connectivity index (χ0n) is 10.9. The Bertz CT molecular complexity index is 668. The number of guanidine groups is 1. The van der Waals surface area contributed by atoms with Crippen molar-refractivity contribution < 1.29 is 0 Å². The van der Waals surface area contributed by atoms with E-state index in [0.717, 1.165) is 46.1 Å². The highest BCUT2D eigenvalue weighted by Crippen LogP contribution is 2.32. The highest BCUT2D eigenvalue weighted by molar-refractivity contribution is 7.17. The standard InChI is InChI=1S/C14H15N5S/c15-14(16)19-18-11-8-4-7-10-12(11)20-13(17-10)9-5-2-1-3-6-9/h1-3,5-6H,4,7-8H2,(H4,15,16,19)/b18-11-. The van der Waals surface area contributed by atoms with Crippen molar-refractivity contribution in [3.63, 3.8) is 0 Å². The number of thiazole rings is 1. The van der Waals surface area contributed by atoms with Crippen molar-refractivity contribution in [3.05, 3.63) is 40.9 Å². The third-order valence-electron chi connectivity index (χ3n) is 3.09. The Labute approximate surface area is 121 Å². The largest absolute Gasteiger partial charge is 0.369 e. The van der Waals surface area contributed by atoms with E-state index in [0.29, 0.717) is 0 Å². The molecule has 4 N–H and O–H groups in total. The van der Waals surface area contributed by atoms with Crippen molar-refractivity contribution in [3.8, 4) is 10.6 Å². The third kappa shape index (κ3) is 2.55. The summed E-state index contributed by atoms with van der Waals surface area (Å²) in [6.45, 7) is 0. The van der Waals surface area contributed by atoms with Crippen molar-refractivity contribution in [2.45, 2.75) is 19.3 Å². The van der Waals surface area contributed by atoms with Crippen molar-refractivity contribution in [2.75, 3.05) is 0 Å². The van der Waals surface area contributed by atoms with Gasteiger partial charge in [0.05, 0.1) is 16.3 Å². The summed E-state index contributed by atoms with van der Waals surface area (Å²) in [5.74, 6) is -0.0163. The van der Waals surface area contributed by atoms with Crippen molar-refractivity contribution in [1.82, 2.24) is 4.98 Å². The predicted molar refractivity (Wildman–Crippen MR) is 82.8 cm³/mol. The first-order valence-corrected chi connectivity index (χ1v) is 7.26. The van der Waals surface area contributed by atoms with Crippen LogP contribution in [-0.2, 0) is 6.42 Å². The topological polar surface area (TPSA) is 89.7 Å². The molecule has 0 aliphatic heterocycles. The van der Waals surface area contributed by atoms with E-state index >= 15 is 0 Å². The van der Waals surface area contributed by atoms with Crippen LogP contribution in [0.2, 0.25) is 0 Å². The summed E-state index contributed by atoms with van der Waals surface area (Å²) in [5.41, 5.74) is 13.8. The Balaban J connectivity index is 2.01. The van der Waals surface area contributed by atoms with Crippen LogP contribution in [0.25, 0.3) is 10.6 Å². The normalized spacial score (nSPS) is 15.9. The molecule has 6 heteroatoms. The van der Waals surface area contributed by atoms with Crippen LogP contribution in [0.15, 0.2) is 40.5 Å². The zero-order chi connectivity index (χ0) is 13.9. The van der Waals surface area contributed by atoms with Crippen LogP contribution in [0.5, 0.6) is 0 Å². The number of nitrogens with zero attached hydrogens (tertiary/aromatic N) is 3. The Hall–Kier alpha value is -2.21. The molecule has 2 aromatic rings. The monoisotopic (exact) mass is 285 g/mol. The van der Waals surface area contributed by atoms with E-state index in [1.807, 2.05) is 18.2 Å². The van der Waals surface area contributed by atoms with E-state index < -0.39 is 0 Å². The van der Waals surface area contributed by atoms with Gasteiger partial charge in [-0.3, -0.25) is 0 Å². The van der Waals surface area contributed by atoms with E-state index in [9.17, 15) is 0 Å². The summed E-state index contributed by atoms with van der Waals surface area (Å²) in [4.78, 5) is 5.84. The highest BCUT2D eigenvalue weighted by atomic mass is 32.1. The Morgan fingerprint density at radius 1 is 1.15 bits per heavy atom. The first-order chi connectivity index (χ1) is 9.74. The third-order valence-corrected chi connectivity index (χ3v) is 4.29. The quantitative estimate of drug-likeness (QED) is 0.503. The molecule has 102 valence electrons. The maximum absolute atomic E-state index is 5.33. The van der Waals surface area contributed by atoms with Gasteiger partial charge in [-0.15, -0.1) is 16.4 Å². The molecule has 0 saturated carbocycles. The van der Waals surface area contributed by atoms with Crippen LogP contribution in [-0.4, -0.2) is 16.7 Å². The molecular formula is C14H15N5S. The minimum atomic E-state index is -0.0163. The van der Waals surface area contributed by atoms with Gasteiger partial charge in [-0.05, 0) is 19.3 Å². The van der Waals surface area contributed by atoms with Crippen LogP contribution in [0.4, 0.5) is 0 Å². The molecule has 0 spiro atoms. The summed E-state index contributed by atoms with van der Waals surface area (Å²) < 4.78 is 0. The number of nitrogens with two attached hydrogens (primary N) is 2. The number of rotatable bonds is 2. The molecular weight excluding hydrogens is 270 g/mol. The second-order valence-corrected chi connectivity index (χ2v) is 5.59. The molecule has 0 amide bonds. The molecule has 0 bridgehead atoms. The van der Waals surface area contributed by atoms with Crippen LogP contribution in [0.1, 0.15) is 23.4 Å². The number of aromatic nitrogens is 1. The second kappa shape index (κ2) is 5.42. The summed E-state index contributed by atoms with van der Waals surface area (Å²) >= 11 is 1.66. The van der Waals surface area contributed by atoms with Gasteiger partial charge in [-0.1, -0.05) is 30.3 Å². The Kier molecular flexibility index (Phi) is 3.47. The van der Waals surface area contributed by atoms with Crippen LogP contribution in [0.3, 0.4) is 0 Å². The zero-order valence-corrected chi connectivity index (χ0v) is 11.7. The second-order valence-electron chi connectivity index (χ2n) is 4.59. The minimum absolute atomic E-state index is 0.0163. The lowest BCUT2D eigenvalue weighted by Gasteiger charge is -2.10. The fraction of sp³-hybridized carbons (Fsp3) is 0.214.